The molecule has 0 aromatic carbocycles. The van der Waals surface area contributed by atoms with Crippen molar-refractivity contribution in [3.8, 4) is 0 Å². The third-order valence-corrected chi connectivity index (χ3v) is 2.72. The molecular formula is C10H16NS+. The van der Waals surface area contributed by atoms with Crippen LogP contribution in [0.3, 0.4) is 0 Å². The Labute approximate surface area is 78.8 Å². The van der Waals surface area contributed by atoms with Crippen molar-refractivity contribution in [1.29, 1.82) is 0 Å². The number of hydrogen-bond acceptors (Lipinski definition) is 1. The molecule has 1 nitrogen and oxygen atoms in total. The summed E-state index contributed by atoms with van der Waals surface area (Å²) in [6, 6.07) is 6.19. The molecule has 0 atom stereocenters. The summed E-state index contributed by atoms with van der Waals surface area (Å²) >= 11 is 1.99. The third kappa shape index (κ3) is 3.77. The average Bonchev–Trinajstić information content (AvgIpc) is 2.14. The molecule has 66 valence electrons. The predicted molar refractivity (Wildman–Crippen MR) is 54.0 cm³/mol. The molecule has 0 fully saturated rings. The number of rotatable bonds is 5. The molecule has 0 radical (unpaired) electrons. The van der Waals surface area contributed by atoms with E-state index in [0.717, 1.165) is 5.88 Å². The van der Waals surface area contributed by atoms with Crippen LogP contribution in [0.1, 0.15) is 19.8 Å². The summed E-state index contributed by atoms with van der Waals surface area (Å²) in [5.74, 6) is 2.36. The maximum atomic E-state index is 2.23. The Morgan fingerprint density at radius 2 is 1.92 bits per heavy atom. The number of aromatic nitrogens is 1. The van der Waals surface area contributed by atoms with Gasteiger partial charge in [-0.05, 0) is 12.2 Å². The van der Waals surface area contributed by atoms with E-state index in [0.29, 0.717) is 0 Å². The lowest BCUT2D eigenvalue weighted by atomic mass is 10.4. The van der Waals surface area contributed by atoms with Gasteiger partial charge in [-0.15, -0.1) is 0 Å². The highest BCUT2D eigenvalue weighted by Gasteiger charge is 1.96. The van der Waals surface area contributed by atoms with Gasteiger partial charge >= 0.3 is 0 Å². The van der Waals surface area contributed by atoms with Gasteiger partial charge in [0.05, 0.1) is 0 Å². The van der Waals surface area contributed by atoms with E-state index in [1.54, 1.807) is 0 Å². The molecule has 0 unspecified atom stereocenters. The highest BCUT2D eigenvalue weighted by molar-refractivity contribution is 7.98. The van der Waals surface area contributed by atoms with Gasteiger partial charge in [0, 0.05) is 12.1 Å². The van der Waals surface area contributed by atoms with Gasteiger partial charge in [-0.2, -0.15) is 4.57 Å². The van der Waals surface area contributed by atoms with Crippen LogP contribution in [0.4, 0.5) is 0 Å². The van der Waals surface area contributed by atoms with Crippen LogP contribution in [0.25, 0.3) is 0 Å². The van der Waals surface area contributed by atoms with Gasteiger partial charge in [-0.25, -0.2) is 0 Å². The standard InChI is InChI=1S/C10H16NS/c1-2-3-9-12-10-11-7-5-4-6-8-11/h4-8H,2-3,9-10H2,1H3/q+1. The summed E-state index contributed by atoms with van der Waals surface area (Å²) in [5.41, 5.74) is 0. The van der Waals surface area contributed by atoms with Crippen molar-refractivity contribution < 1.29 is 4.57 Å². The zero-order chi connectivity index (χ0) is 8.65. The topological polar surface area (TPSA) is 3.88 Å². The first kappa shape index (κ1) is 9.59. The van der Waals surface area contributed by atoms with Gasteiger partial charge in [0.15, 0.2) is 18.3 Å². The van der Waals surface area contributed by atoms with Crippen LogP contribution >= 0.6 is 11.8 Å². The number of thioether (sulfide) groups is 1. The Kier molecular flexibility index (Phi) is 4.85. The highest BCUT2D eigenvalue weighted by atomic mass is 32.2. The first-order chi connectivity index (χ1) is 5.93. The van der Waals surface area contributed by atoms with Crippen LogP contribution in [0, 0.1) is 0 Å². The fraction of sp³-hybridized carbons (Fsp3) is 0.500. The van der Waals surface area contributed by atoms with E-state index in [1.807, 2.05) is 17.8 Å². The van der Waals surface area contributed by atoms with Crippen LogP contribution in [0.2, 0.25) is 0 Å². The van der Waals surface area contributed by atoms with Gasteiger partial charge < -0.3 is 0 Å². The van der Waals surface area contributed by atoms with Gasteiger partial charge in [0.25, 0.3) is 0 Å². The van der Waals surface area contributed by atoms with Crippen molar-refractivity contribution in [3.63, 3.8) is 0 Å². The number of hydrogen-bond donors (Lipinski definition) is 0. The molecule has 1 aromatic heterocycles. The van der Waals surface area contributed by atoms with Gasteiger partial charge in [-0.1, -0.05) is 31.2 Å². The Morgan fingerprint density at radius 3 is 2.58 bits per heavy atom. The molecule has 0 aliphatic heterocycles. The van der Waals surface area contributed by atoms with E-state index in [4.69, 9.17) is 0 Å². The van der Waals surface area contributed by atoms with Crippen molar-refractivity contribution in [3.05, 3.63) is 30.6 Å². The second kappa shape index (κ2) is 6.06. The maximum Gasteiger partial charge on any atom is 0.194 e. The highest BCUT2D eigenvalue weighted by Crippen LogP contribution is 2.03. The molecule has 0 aliphatic rings. The van der Waals surface area contributed by atoms with Crippen LogP contribution in [0.15, 0.2) is 30.6 Å². The van der Waals surface area contributed by atoms with Crippen LogP contribution in [-0.2, 0) is 5.88 Å². The first-order valence-electron chi connectivity index (χ1n) is 4.45. The quantitative estimate of drug-likeness (QED) is 0.500. The summed E-state index contributed by atoms with van der Waals surface area (Å²) < 4.78 is 2.21. The Hall–Kier alpha value is -0.500. The maximum absolute atomic E-state index is 2.23. The van der Waals surface area contributed by atoms with E-state index >= 15 is 0 Å². The number of pyridine rings is 1. The lowest BCUT2D eigenvalue weighted by Gasteiger charge is -1.95. The molecule has 0 saturated heterocycles. The van der Waals surface area contributed by atoms with Gasteiger partial charge in [-0.3, -0.25) is 0 Å². The summed E-state index contributed by atoms with van der Waals surface area (Å²) in [6.07, 6.45) is 6.85. The number of nitrogens with zero attached hydrogens (tertiary/aromatic N) is 1. The summed E-state index contributed by atoms with van der Waals surface area (Å²) in [6.45, 7) is 2.23. The molecular weight excluding hydrogens is 166 g/mol. The summed E-state index contributed by atoms with van der Waals surface area (Å²) in [7, 11) is 0. The minimum atomic E-state index is 1.08. The SMILES string of the molecule is CCCCSC[n+]1ccccc1. The van der Waals surface area contributed by atoms with E-state index in [2.05, 4.69) is 36.0 Å². The van der Waals surface area contributed by atoms with Crippen molar-refractivity contribution in [2.45, 2.75) is 25.6 Å². The molecule has 1 aromatic rings. The van der Waals surface area contributed by atoms with E-state index in [-0.39, 0.29) is 0 Å². The second-order valence-corrected chi connectivity index (χ2v) is 3.86. The van der Waals surface area contributed by atoms with Crippen LogP contribution in [0.5, 0.6) is 0 Å². The lowest BCUT2D eigenvalue weighted by Crippen LogP contribution is -2.30. The first-order valence-corrected chi connectivity index (χ1v) is 5.61. The zero-order valence-electron chi connectivity index (χ0n) is 7.57. The Bertz CT molecular complexity index is 198. The van der Waals surface area contributed by atoms with Crippen LogP contribution in [-0.4, -0.2) is 5.75 Å². The minimum Gasteiger partial charge on any atom is -0.195 e. The molecule has 2 heteroatoms. The minimum absolute atomic E-state index is 1.08. The summed E-state index contributed by atoms with van der Waals surface area (Å²) in [5, 5.41) is 0. The van der Waals surface area contributed by atoms with E-state index in [1.165, 1.54) is 18.6 Å². The van der Waals surface area contributed by atoms with Gasteiger partial charge in [0.1, 0.15) is 0 Å². The molecule has 0 spiro atoms. The predicted octanol–water partition coefficient (Wildman–Crippen LogP) is 2.46. The van der Waals surface area contributed by atoms with Gasteiger partial charge in [0.2, 0.25) is 0 Å². The average molecular weight is 182 g/mol. The van der Waals surface area contributed by atoms with Crippen molar-refractivity contribution in [2.24, 2.45) is 0 Å². The molecule has 0 saturated carbocycles. The van der Waals surface area contributed by atoms with Crippen molar-refractivity contribution in [2.75, 3.05) is 5.75 Å². The zero-order valence-corrected chi connectivity index (χ0v) is 8.39. The second-order valence-electron chi connectivity index (χ2n) is 2.78. The Balaban J connectivity index is 2.16. The fourth-order valence-corrected chi connectivity index (χ4v) is 1.94. The molecule has 0 amide bonds. The largest absolute Gasteiger partial charge is 0.195 e. The van der Waals surface area contributed by atoms with Crippen LogP contribution < -0.4 is 4.57 Å². The molecule has 0 bridgehead atoms. The third-order valence-electron chi connectivity index (χ3n) is 1.66. The molecule has 0 N–H and O–H groups in total. The van der Waals surface area contributed by atoms with E-state index in [9.17, 15) is 0 Å². The monoisotopic (exact) mass is 182 g/mol. The molecule has 0 aliphatic carbocycles. The lowest BCUT2D eigenvalue weighted by molar-refractivity contribution is -0.675. The molecule has 12 heavy (non-hydrogen) atoms. The van der Waals surface area contributed by atoms with Crippen molar-refractivity contribution >= 4 is 11.8 Å². The Morgan fingerprint density at radius 1 is 1.17 bits per heavy atom. The van der Waals surface area contributed by atoms with Crippen molar-refractivity contribution in [1.82, 2.24) is 0 Å². The normalized spacial score (nSPS) is 10.1. The smallest absolute Gasteiger partial charge is 0.194 e. The summed E-state index contributed by atoms with van der Waals surface area (Å²) in [4.78, 5) is 0. The molecule has 1 heterocycles. The molecule has 1 rings (SSSR count). The number of unbranched alkanes of at least 4 members (excludes halogenated alkanes) is 1. The fourth-order valence-electron chi connectivity index (χ4n) is 0.937. The van der Waals surface area contributed by atoms with E-state index < -0.39 is 0 Å².